The van der Waals surface area contributed by atoms with Crippen LogP contribution in [0, 0.1) is 5.92 Å². The average molecular weight is 318 g/mol. The van der Waals surface area contributed by atoms with E-state index in [1.165, 1.54) is 12.8 Å². The van der Waals surface area contributed by atoms with Crippen molar-refractivity contribution in [3.05, 3.63) is 29.8 Å². The minimum atomic E-state index is -0.394. The number of hydrogen-bond donors (Lipinski definition) is 2. The molecular weight excluding hydrogens is 292 g/mol. The molecule has 3 rings (SSSR count). The summed E-state index contributed by atoms with van der Waals surface area (Å²) in [5.41, 5.74) is 1.64. The van der Waals surface area contributed by atoms with E-state index in [1.807, 2.05) is 24.3 Å². The van der Waals surface area contributed by atoms with Crippen molar-refractivity contribution in [2.75, 3.05) is 32.1 Å². The average Bonchev–Trinajstić information content (AvgIpc) is 3.39. The maximum Gasteiger partial charge on any atom is 0.254 e. The van der Waals surface area contributed by atoms with Crippen LogP contribution in [0.4, 0.5) is 5.69 Å². The molecule has 0 aromatic heterocycles. The number of amides is 1. The first kappa shape index (κ1) is 16.3. The summed E-state index contributed by atoms with van der Waals surface area (Å²) < 4.78 is 5.30. The number of carbonyl (C=O) groups is 1. The van der Waals surface area contributed by atoms with Crippen LogP contribution in [-0.4, -0.2) is 54.9 Å². The van der Waals surface area contributed by atoms with E-state index in [0.717, 1.165) is 25.1 Å². The van der Waals surface area contributed by atoms with Gasteiger partial charge in [0.15, 0.2) is 0 Å². The van der Waals surface area contributed by atoms with E-state index in [1.54, 1.807) is 12.0 Å². The Morgan fingerprint density at radius 1 is 1.43 bits per heavy atom. The van der Waals surface area contributed by atoms with Crippen molar-refractivity contribution < 1.29 is 14.6 Å². The maximum absolute atomic E-state index is 12.6. The van der Waals surface area contributed by atoms with Gasteiger partial charge in [-0.05, 0) is 49.8 Å². The van der Waals surface area contributed by atoms with E-state index >= 15 is 0 Å². The third-order valence-corrected chi connectivity index (χ3v) is 4.68. The number of ether oxygens (including phenoxy) is 1. The van der Waals surface area contributed by atoms with Crippen molar-refractivity contribution in [2.45, 2.75) is 37.8 Å². The van der Waals surface area contributed by atoms with Crippen LogP contribution in [0.1, 0.15) is 36.0 Å². The number of β-amino-alcohol motifs (C(OH)–C–C–N with tert-alkyl or cyclic N) is 1. The fraction of sp³-hybridized carbons (Fsp3) is 0.611. The molecule has 2 fully saturated rings. The molecule has 23 heavy (non-hydrogen) atoms. The molecule has 1 aromatic rings. The second-order valence-corrected chi connectivity index (χ2v) is 6.67. The molecule has 0 spiro atoms. The zero-order valence-electron chi connectivity index (χ0n) is 13.7. The Morgan fingerprint density at radius 2 is 2.26 bits per heavy atom. The van der Waals surface area contributed by atoms with Crippen LogP contribution >= 0.6 is 0 Å². The number of nitrogens with one attached hydrogen (secondary N) is 1. The van der Waals surface area contributed by atoms with E-state index in [0.29, 0.717) is 30.7 Å². The van der Waals surface area contributed by atoms with Crippen LogP contribution in [0.25, 0.3) is 0 Å². The van der Waals surface area contributed by atoms with Gasteiger partial charge in [0.2, 0.25) is 0 Å². The molecule has 1 saturated heterocycles. The molecule has 1 aromatic carbocycles. The van der Waals surface area contributed by atoms with Gasteiger partial charge in [-0.25, -0.2) is 0 Å². The lowest BCUT2D eigenvalue weighted by atomic mass is 10.1. The smallest absolute Gasteiger partial charge is 0.254 e. The topological polar surface area (TPSA) is 61.8 Å². The van der Waals surface area contributed by atoms with E-state index < -0.39 is 6.10 Å². The second kappa shape index (κ2) is 7.32. The number of nitrogens with zero attached hydrogens (tertiary/aromatic N) is 1. The first-order chi connectivity index (χ1) is 11.2. The lowest BCUT2D eigenvalue weighted by Gasteiger charge is -2.30. The van der Waals surface area contributed by atoms with Crippen LogP contribution in [0.2, 0.25) is 0 Å². The van der Waals surface area contributed by atoms with Gasteiger partial charge in [0, 0.05) is 31.5 Å². The Kier molecular flexibility index (Phi) is 5.18. The largest absolute Gasteiger partial charge is 0.391 e. The summed E-state index contributed by atoms with van der Waals surface area (Å²) in [6.45, 7) is 1.84. The highest BCUT2D eigenvalue weighted by Gasteiger charge is 2.31. The fourth-order valence-electron chi connectivity index (χ4n) is 3.25. The highest BCUT2D eigenvalue weighted by molar-refractivity contribution is 5.95. The van der Waals surface area contributed by atoms with E-state index in [4.69, 9.17) is 4.74 Å². The van der Waals surface area contributed by atoms with Crippen LogP contribution in [0.3, 0.4) is 0 Å². The van der Waals surface area contributed by atoms with E-state index in [2.05, 4.69) is 5.32 Å². The van der Waals surface area contributed by atoms with Crippen LogP contribution in [-0.2, 0) is 4.74 Å². The van der Waals surface area contributed by atoms with E-state index in [-0.39, 0.29) is 5.91 Å². The second-order valence-electron chi connectivity index (χ2n) is 6.67. The highest BCUT2D eigenvalue weighted by atomic mass is 16.5. The summed E-state index contributed by atoms with van der Waals surface area (Å²) >= 11 is 0. The minimum Gasteiger partial charge on any atom is -0.391 e. The van der Waals surface area contributed by atoms with Gasteiger partial charge in [0.05, 0.1) is 18.8 Å². The number of aliphatic hydroxyl groups excluding tert-OH is 1. The monoisotopic (exact) mass is 318 g/mol. The molecule has 2 N–H and O–H groups in total. The lowest BCUT2D eigenvalue weighted by Crippen LogP contribution is -2.42. The number of rotatable bonds is 6. The normalized spacial score (nSPS) is 22.7. The van der Waals surface area contributed by atoms with Gasteiger partial charge in [0.1, 0.15) is 0 Å². The zero-order valence-corrected chi connectivity index (χ0v) is 13.7. The summed E-state index contributed by atoms with van der Waals surface area (Å²) in [6.07, 6.45) is 3.74. The van der Waals surface area contributed by atoms with Gasteiger partial charge >= 0.3 is 0 Å². The number of benzene rings is 1. The predicted octanol–water partition coefficient (Wildman–Crippen LogP) is 2.12. The minimum absolute atomic E-state index is 0.00196. The Balaban J connectivity index is 1.67. The van der Waals surface area contributed by atoms with Crippen molar-refractivity contribution in [2.24, 2.45) is 5.92 Å². The van der Waals surface area contributed by atoms with Gasteiger partial charge < -0.3 is 20.1 Å². The molecular formula is C18H26N2O3. The summed E-state index contributed by atoms with van der Waals surface area (Å²) in [5, 5.41) is 13.3. The molecule has 1 saturated carbocycles. The molecule has 5 heteroatoms. The maximum atomic E-state index is 12.6. The Morgan fingerprint density at radius 3 is 2.96 bits per heavy atom. The summed E-state index contributed by atoms with van der Waals surface area (Å²) in [5.74, 6) is 0.675. The third-order valence-electron chi connectivity index (χ3n) is 4.68. The number of hydrogen-bond acceptors (Lipinski definition) is 4. The molecule has 126 valence electrons. The quantitative estimate of drug-likeness (QED) is 0.843. The predicted molar refractivity (Wildman–Crippen MR) is 89.6 cm³/mol. The first-order valence-corrected chi connectivity index (χ1v) is 8.50. The molecule has 0 bridgehead atoms. The zero-order chi connectivity index (χ0) is 16.2. The molecule has 2 aliphatic rings. The number of methoxy groups -OCH3 is 1. The van der Waals surface area contributed by atoms with Gasteiger partial charge in [-0.1, -0.05) is 6.07 Å². The van der Waals surface area contributed by atoms with Crippen LogP contribution in [0.15, 0.2) is 24.3 Å². The molecule has 1 aliphatic heterocycles. The van der Waals surface area contributed by atoms with Crippen LogP contribution < -0.4 is 5.32 Å². The highest BCUT2D eigenvalue weighted by Crippen LogP contribution is 2.34. The Hall–Kier alpha value is -1.59. The Bertz CT molecular complexity index is 545. The van der Waals surface area contributed by atoms with Crippen molar-refractivity contribution >= 4 is 11.6 Å². The van der Waals surface area contributed by atoms with Crippen molar-refractivity contribution in [3.63, 3.8) is 0 Å². The number of likely N-dealkylation sites (tertiary alicyclic amines) is 1. The summed E-state index contributed by atoms with van der Waals surface area (Å²) in [7, 11) is 1.72. The van der Waals surface area contributed by atoms with Gasteiger partial charge in [-0.3, -0.25) is 4.79 Å². The molecule has 1 aliphatic carbocycles. The van der Waals surface area contributed by atoms with Crippen LogP contribution in [0.5, 0.6) is 0 Å². The molecule has 1 amide bonds. The van der Waals surface area contributed by atoms with Gasteiger partial charge in [-0.2, -0.15) is 0 Å². The molecule has 0 radical (unpaired) electrons. The van der Waals surface area contributed by atoms with Crippen molar-refractivity contribution in [1.82, 2.24) is 4.90 Å². The first-order valence-electron chi connectivity index (χ1n) is 8.50. The third kappa shape index (κ3) is 4.24. The molecule has 5 nitrogen and oxygen atoms in total. The molecule has 2 atom stereocenters. The van der Waals surface area contributed by atoms with Gasteiger partial charge in [0.25, 0.3) is 5.91 Å². The summed E-state index contributed by atoms with van der Waals surface area (Å²) in [4.78, 5) is 14.4. The summed E-state index contributed by atoms with van der Waals surface area (Å²) in [6, 6.07) is 7.97. The number of carbonyl (C=O) groups excluding carboxylic acids is 1. The lowest BCUT2D eigenvalue weighted by molar-refractivity contribution is 0.0474. The van der Waals surface area contributed by atoms with Crippen molar-refractivity contribution in [1.29, 1.82) is 0 Å². The Labute approximate surface area is 137 Å². The number of anilines is 1. The molecule has 1 heterocycles. The van der Waals surface area contributed by atoms with Crippen molar-refractivity contribution in [3.8, 4) is 0 Å². The SMILES string of the molecule is COCC(Nc1cccc(C(=O)N2CCCC(O)C2)c1)C1CC1. The van der Waals surface area contributed by atoms with Gasteiger partial charge in [-0.15, -0.1) is 0 Å². The van der Waals surface area contributed by atoms with E-state index in [9.17, 15) is 9.90 Å². The number of aliphatic hydroxyl groups is 1. The number of piperidine rings is 1. The standard InChI is InChI=1S/C18H26N2O3/c1-23-12-17(13-7-8-13)19-15-5-2-4-14(10-15)18(22)20-9-3-6-16(21)11-20/h2,4-5,10,13,16-17,19,21H,3,6-9,11-12H2,1H3. The molecule has 2 unspecified atom stereocenters. The fourth-order valence-corrected chi connectivity index (χ4v) is 3.25.